The largest absolute Gasteiger partial charge is 0.324 e. The number of anilines is 2. The molecule has 1 heterocycles. The van der Waals surface area contributed by atoms with E-state index in [9.17, 15) is 13.2 Å². The van der Waals surface area contributed by atoms with Crippen molar-refractivity contribution in [3.8, 4) is 0 Å². The van der Waals surface area contributed by atoms with E-state index in [-0.39, 0.29) is 17.3 Å². The summed E-state index contributed by atoms with van der Waals surface area (Å²) in [7, 11) is -3.71. The number of amides is 1. The van der Waals surface area contributed by atoms with E-state index in [1.54, 1.807) is 42.5 Å². The van der Waals surface area contributed by atoms with Gasteiger partial charge in [0.05, 0.1) is 21.6 Å². The van der Waals surface area contributed by atoms with Crippen LogP contribution in [0.3, 0.4) is 0 Å². The zero-order valence-corrected chi connectivity index (χ0v) is 17.8. The van der Waals surface area contributed by atoms with Gasteiger partial charge >= 0.3 is 0 Å². The molecule has 0 fully saturated rings. The highest BCUT2D eigenvalue weighted by Crippen LogP contribution is 2.20. The van der Waals surface area contributed by atoms with Crippen LogP contribution in [0.2, 0.25) is 0 Å². The van der Waals surface area contributed by atoms with Crippen molar-refractivity contribution in [2.75, 3.05) is 10.0 Å². The number of nitrogens with one attached hydrogen (secondary N) is 2. The Morgan fingerprint density at radius 2 is 1.65 bits per heavy atom. The SMILES string of the molecule is CCc1nc2ccccc2n1CC(=O)Nc1cccc(NS(=O)(=O)c2ccccc2)c1. The van der Waals surface area contributed by atoms with Gasteiger partial charge in [0.1, 0.15) is 12.4 Å². The highest BCUT2D eigenvalue weighted by molar-refractivity contribution is 7.92. The molecule has 1 aromatic heterocycles. The van der Waals surface area contributed by atoms with Crippen LogP contribution < -0.4 is 10.0 Å². The Morgan fingerprint density at radius 3 is 2.42 bits per heavy atom. The molecule has 31 heavy (non-hydrogen) atoms. The molecule has 0 radical (unpaired) electrons. The summed E-state index contributed by atoms with van der Waals surface area (Å²) >= 11 is 0. The van der Waals surface area contributed by atoms with Gasteiger partial charge < -0.3 is 9.88 Å². The van der Waals surface area contributed by atoms with E-state index in [2.05, 4.69) is 15.0 Å². The number of benzene rings is 3. The molecule has 4 rings (SSSR count). The smallest absolute Gasteiger partial charge is 0.261 e. The minimum atomic E-state index is -3.71. The first kappa shape index (κ1) is 20.6. The van der Waals surface area contributed by atoms with Gasteiger partial charge in [-0.1, -0.05) is 43.3 Å². The normalized spacial score (nSPS) is 11.4. The fourth-order valence-corrected chi connectivity index (χ4v) is 4.46. The van der Waals surface area contributed by atoms with Crippen LogP contribution in [0.4, 0.5) is 11.4 Å². The third-order valence-electron chi connectivity index (χ3n) is 4.80. The quantitative estimate of drug-likeness (QED) is 0.459. The molecule has 3 aromatic carbocycles. The lowest BCUT2D eigenvalue weighted by molar-refractivity contribution is -0.116. The molecule has 158 valence electrons. The van der Waals surface area contributed by atoms with Crippen molar-refractivity contribution >= 4 is 38.3 Å². The van der Waals surface area contributed by atoms with Crippen molar-refractivity contribution in [2.24, 2.45) is 0 Å². The van der Waals surface area contributed by atoms with Crippen molar-refractivity contribution < 1.29 is 13.2 Å². The van der Waals surface area contributed by atoms with E-state index in [1.807, 2.05) is 35.8 Å². The number of aromatic nitrogens is 2. The lowest BCUT2D eigenvalue weighted by atomic mass is 10.3. The Morgan fingerprint density at radius 1 is 0.935 bits per heavy atom. The van der Waals surface area contributed by atoms with Crippen LogP contribution in [0.5, 0.6) is 0 Å². The number of para-hydroxylation sites is 2. The van der Waals surface area contributed by atoms with Crippen LogP contribution in [0.1, 0.15) is 12.7 Å². The predicted octanol–water partition coefficient (Wildman–Crippen LogP) is 4.04. The van der Waals surface area contributed by atoms with E-state index in [1.165, 1.54) is 12.1 Å². The van der Waals surface area contributed by atoms with Crippen LogP contribution >= 0.6 is 0 Å². The van der Waals surface area contributed by atoms with Crippen LogP contribution in [0, 0.1) is 0 Å². The number of rotatable bonds is 7. The first-order valence-corrected chi connectivity index (χ1v) is 11.4. The maximum Gasteiger partial charge on any atom is 0.261 e. The molecule has 2 N–H and O–H groups in total. The van der Waals surface area contributed by atoms with Crippen molar-refractivity contribution in [1.29, 1.82) is 0 Å². The Hall–Kier alpha value is -3.65. The maximum atomic E-state index is 12.7. The van der Waals surface area contributed by atoms with Gasteiger partial charge in [-0.05, 0) is 42.5 Å². The minimum absolute atomic E-state index is 0.115. The summed E-state index contributed by atoms with van der Waals surface area (Å²) in [5.41, 5.74) is 2.62. The van der Waals surface area contributed by atoms with Crippen LogP contribution in [0.25, 0.3) is 11.0 Å². The van der Waals surface area contributed by atoms with Crippen LogP contribution in [-0.2, 0) is 27.8 Å². The van der Waals surface area contributed by atoms with E-state index >= 15 is 0 Å². The predicted molar refractivity (Wildman–Crippen MR) is 121 cm³/mol. The Balaban J connectivity index is 1.50. The molecule has 0 saturated heterocycles. The summed E-state index contributed by atoms with van der Waals surface area (Å²) in [6, 6.07) is 22.4. The monoisotopic (exact) mass is 434 g/mol. The van der Waals surface area contributed by atoms with Crippen LogP contribution in [-0.4, -0.2) is 23.9 Å². The Labute approximate surface area is 180 Å². The van der Waals surface area contributed by atoms with E-state index in [4.69, 9.17) is 0 Å². The summed E-state index contributed by atoms with van der Waals surface area (Å²) < 4.78 is 29.5. The Bertz CT molecular complexity index is 1330. The fourth-order valence-electron chi connectivity index (χ4n) is 3.39. The summed E-state index contributed by atoms with van der Waals surface area (Å²) in [6.07, 6.45) is 0.707. The number of aryl methyl sites for hydroxylation is 1. The van der Waals surface area contributed by atoms with Crippen molar-refractivity contribution in [1.82, 2.24) is 9.55 Å². The van der Waals surface area contributed by atoms with Gasteiger partial charge in [0.2, 0.25) is 5.91 Å². The number of carbonyl (C=O) groups excluding carboxylic acids is 1. The third-order valence-corrected chi connectivity index (χ3v) is 6.20. The molecule has 1 amide bonds. The topological polar surface area (TPSA) is 93.1 Å². The molecule has 0 spiro atoms. The van der Waals surface area contributed by atoms with Gasteiger partial charge in [-0.2, -0.15) is 0 Å². The standard InChI is InChI=1S/C23H22N4O3S/c1-2-22-25-20-13-6-7-14-21(20)27(22)16-23(28)24-17-9-8-10-18(15-17)26-31(29,30)19-11-4-3-5-12-19/h3-15,26H,2,16H2,1H3,(H,24,28). The molecule has 0 unspecified atom stereocenters. The summed E-state index contributed by atoms with van der Waals surface area (Å²) in [4.78, 5) is 17.5. The van der Waals surface area contributed by atoms with Gasteiger partial charge in [-0.25, -0.2) is 13.4 Å². The zero-order chi connectivity index (χ0) is 21.8. The van der Waals surface area contributed by atoms with E-state index in [0.717, 1.165) is 16.9 Å². The lowest BCUT2D eigenvalue weighted by Gasteiger charge is -2.12. The summed E-state index contributed by atoms with van der Waals surface area (Å²) in [5.74, 6) is 0.613. The number of hydrogen-bond donors (Lipinski definition) is 2. The third kappa shape index (κ3) is 4.59. The second-order valence-corrected chi connectivity index (χ2v) is 8.69. The first-order chi connectivity index (χ1) is 15.0. The van der Waals surface area contributed by atoms with Gasteiger partial charge in [0.25, 0.3) is 10.0 Å². The lowest BCUT2D eigenvalue weighted by Crippen LogP contribution is -2.20. The second kappa shape index (κ2) is 8.61. The average Bonchev–Trinajstić information content (AvgIpc) is 3.12. The molecule has 4 aromatic rings. The highest BCUT2D eigenvalue weighted by atomic mass is 32.2. The summed E-state index contributed by atoms with van der Waals surface area (Å²) in [6.45, 7) is 2.11. The average molecular weight is 435 g/mol. The second-order valence-electron chi connectivity index (χ2n) is 7.00. The summed E-state index contributed by atoms with van der Waals surface area (Å²) in [5, 5.41) is 2.84. The van der Waals surface area contributed by atoms with Crippen molar-refractivity contribution in [3.05, 3.63) is 84.7 Å². The zero-order valence-electron chi connectivity index (χ0n) is 16.9. The molecule has 8 heteroatoms. The molecule has 0 bridgehead atoms. The van der Waals surface area contributed by atoms with Gasteiger partial charge in [-0.15, -0.1) is 0 Å². The number of nitrogens with zero attached hydrogens (tertiary/aromatic N) is 2. The molecule has 0 saturated carbocycles. The Kier molecular flexibility index (Phi) is 5.73. The van der Waals surface area contributed by atoms with E-state index < -0.39 is 10.0 Å². The molecule has 7 nitrogen and oxygen atoms in total. The number of fused-ring (bicyclic) bond motifs is 1. The number of hydrogen-bond acceptors (Lipinski definition) is 4. The molecular formula is C23H22N4O3S. The molecule has 0 aliphatic carbocycles. The van der Waals surface area contributed by atoms with Gasteiger partial charge in [0.15, 0.2) is 0 Å². The van der Waals surface area contributed by atoms with E-state index in [0.29, 0.717) is 17.8 Å². The number of imidazole rings is 1. The minimum Gasteiger partial charge on any atom is -0.324 e. The highest BCUT2D eigenvalue weighted by Gasteiger charge is 2.15. The number of carbonyl (C=O) groups is 1. The van der Waals surface area contributed by atoms with Crippen molar-refractivity contribution in [3.63, 3.8) is 0 Å². The van der Waals surface area contributed by atoms with Crippen molar-refractivity contribution in [2.45, 2.75) is 24.8 Å². The first-order valence-electron chi connectivity index (χ1n) is 9.88. The molecule has 0 aliphatic rings. The van der Waals surface area contributed by atoms with Crippen LogP contribution in [0.15, 0.2) is 83.8 Å². The molecule has 0 atom stereocenters. The number of sulfonamides is 1. The van der Waals surface area contributed by atoms with Gasteiger partial charge in [-0.3, -0.25) is 9.52 Å². The van der Waals surface area contributed by atoms with Gasteiger partial charge in [0, 0.05) is 12.1 Å². The molecular weight excluding hydrogens is 412 g/mol. The molecule has 0 aliphatic heterocycles. The fraction of sp³-hybridized carbons (Fsp3) is 0.130. The maximum absolute atomic E-state index is 12.7.